The molecule has 2 N–H and O–H groups in total. The van der Waals surface area contributed by atoms with Crippen LogP contribution in [0.15, 0.2) is 54.9 Å². The molecular weight excluding hydrogens is 667 g/mol. The first-order valence-corrected chi connectivity index (χ1v) is 19.4. The summed E-state index contributed by atoms with van der Waals surface area (Å²) in [5.41, 5.74) is 5.25. The Hall–Kier alpha value is -4.84. The van der Waals surface area contributed by atoms with Gasteiger partial charge in [-0.1, -0.05) is 31.0 Å². The van der Waals surface area contributed by atoms with Gasteiger partial charge in [-0.05, 0) is 106 Å². The number of hydrogen-bond donors (Lipinski definition) is 2. The highest BCUT2D eigenvalue weighted by atomic mass is 16.2. The molecule has 4 aliphatic rings. The van der Waals surface area contributed by atoms with Gasteiger partial charge in [0.25, 0.3) is 5.91 Å². The van der Waals surface area contributed by atoms with E-state index >= 15 is 0 Å². The molecule has 3 amide bonds. The molecule has 0 radical (unpaired) electrons. The van der Waals surface area contributed by atoms with Crippen LogP contribution < -0.4 is 15.5 Å². The molecule has 1 aliphatic carbocycles. The second-order valence-corrected chi connectivity index (χ2v) is 15.9. The van der Waals surface area contributed by atoms with E-state index in [0.717, 1.165) is 68.5 Å². The van der Waals surface area contributed by atoms with Crippen LogP contribution in [0.3, 0.4) is 0 Å². The van der Waals surface area contributed by atoms with Crippen molar-refractivity contribution in [2.45, 2.75) is 89.1 Å². The van der Waals surface area contributed by atoms with Crippen LogP contribution in [-0.4, -0.2) is 87.3 Å². The number of hydrogen-bond acceptors (Lipinski definition) is 9. The molecule has 53 heavy (non-hydrogen) atoms. The number of piperidine rings is 3. The minimum absolute atomic E-state index is 0.0160. The van der Waals surface area contributed by atoms with E-state index < -0.39 is 0 Å². The molecule has 1 saturated carbocycles. The van der Waals surface area contributed by atoms with Crippen LogP contribution in [0.4, 0.5) is 17.5 Å². The first-order valence-electron chi connectivity index (χ1n) is 19.4. The standard InChI is InChI=1S/C41H51N9O3/c1-27(48-20-16-41(17-21-48)18-22-49(23-19-41)31-11-8-28(9-12-31)33-13-15-36(51)45-38(33)52)29-10-14-35(42-25-29)44-40-43-26-30-24-34(39(53)47(2)3)50(37(30)46-40)32-6-4-5-7-32/h8-12,14,24-27,32-33H,4-7,13,15-23H2,1-3H3,(H,45,51,52)(H,42,43,44,46)/t27-,33-/m0/s1. The van der Waals surface area contributed by atoms with Crippen LogP contribution in [0.5, 0.6) is 0 Å². The first kappa shape index (κ1) is 35.2. The monoisotopic (exact) mass is 717 g/mol. The number of imide groups is 1. The zero-order valence-electron chi connectivity index (χ0n) is 31.2. The number of likely N-dealkylation sites (tertiary alicyclic amines) is 1. The van der Waals surface area contributed by atoms with Crippen LogP contribution >= 0.6 is 0 Å². The Morgan fingerprint density at radius 3 is 2.30 bits per heavy atom. The molecule has 12 heteroatoms. The third-order valence-electron chi connectivity index (χ3n) is 12.5. The number of carbonyl (C=O) groups excluding carboxylic acids is 3. The zero-order valence-corrected chi connectivity index (χ0v) is 31.2. The molecule has 12 nitrogen and oxygen atoms in total. The fraction of sp³-hybridized carbons (Fsp3) is 0.512. The van der Waals surface area contributed by atoms with Gasteiger partial charge in [0, 0.05) is 69.2 Å². The minimum atomic E-state index is -0.239. The van der Waals surface area contributed by atoms with Gasteiger partial charge in [0.15, 0.2) is 0 Å². The predicted octanol–water partition coefficient (Wildman–Crippen LogP) is 6.35. The normalized spacial score (nSPS) is 21.6. The SMILES string of the molecule is C[C@@H](c1ccc(Nc2ncc3cc(C(=O)N(C)C)n(C4CCCC4)c3n2)nc1)N1CCC2(CCN(c3ccc([C@@H]4CCC(=O)NC4=O)cc3)CC2)CC1. The van der Waals surface area contributed by atoms with E-state index in [0.29, 0.717) is 35.7 Å². The lowest BCUT2D eigenvalue weighted by molar-refractivity contribution is -0.134. The highest BCUT2D eigenvalue weighted by molar-refractivity contribution is 6.01. The second-order valence-electron chi connectivity index (χ2n) is 15.9. The molecular formula is C41H51N9O3. The highest BCUT2D eigenvalue weighted by Gasteiger charge is 2.39. The van der Waals surface area contributed by atoms with Gasteiger partial charge in [0.1, 0.15) is 17.2 Å². The molecule has 4 fully saturated rings. The minimum Gasteiger partial charge on any atom is -0.371 e. The van der Waals surface area contributed by atoms with E-state index in [4.69, 9.17) is 9.97 Å². The Kier molecular flexibility index (Phi) is 9.65. The summed E-state index contributed by atoms with van der Waals surface area (Å²) in [6.07, 6.45) is 14.0. The van der Waals surface area contributed by atoms with E-state index in [1.165, 1.54) is 36.9 Å². The molecule has 3 aliphatic heterocycles. The van der Waals surface area contributed by atoms with Crippen LogP contribution in [0.2, 0.25) is 0 Å². The highest BCUT2D eigenvalue weighted by Crippen LogP contribution is 2.44. The van der Waals surface area contributed by atoms with Crippen molar-refractivity contribution < 1.29 is 14.4 Å². The summed E-state index contributed by atoms with van der Waals surface area (Å²) in [4.78, 5) is 57.9. The van der Waals surface area contributed by atoms with E-state index in [2.05, 4.69) is 67.2 Å². The molecule has 0 unspecified atom stereocenters. The number of fused-ring (bicyclic) bond motifs is 1. The Morgan fingerprint density at radius 2 is 1.64 bits per heavy atom. The van der Waals surface area contributed by atoms with E-state index in [1.54, 1.807) is 25.2 Å². The number of rotatable bonds is 8. The van der Waals surface area contributed by atoms with E-state index in [-0.39, 0.29) is 35.7 Å². The number of anilines is 3. The van der Waals surface area contributed by atoms with E-state index in [1.807, 2.05) is 18.3 Å². The van der Waals surface area contributed by atoms with Crippen LogP contribution in [-0.2, 0) is 9.59 Å². The maximum atomic E-state index is 13.1. The molecule has 0 bridgehead atoms. The second kappa shape index (κ2) is 14.5. The third kappa shape index (κ3) is 7.13. The van der Waals surface area contributed by atoms with E-state index in [9.17, 15) is 14.4 Å². The van der Waals surface area contributed by atoms with Crippen LogP contribution in [0, 0.1) is 5.41 Å². The van der Waals surface area contributed by atoms with Gasteiger partial charge in [-0.25, -0.2) is 9.97 Å². The third-order valence-corrected chi connectivity index (χ3v) is 12.5. The average Bonchev–Trinajstić information content (AvgIpc) is 3.84. The number of nitrogens with one attached hydrogen (secondary N) is 2. The Labute approximate surface area is 311 Å². The van der Waals surface area contributed by atoms with Crippen molar-refractivity contribution in [3.8, 4) is 0 Å². The van der Waals surface area contributed by atoms with Crippen molar-refractivity contribution in [3.63, 3.8) is 0 Å². The molecule has 3 aromatic heterocycles. The van der Waals surface area contributed by atoms with Crippen LogP contribution in [0.25, 0.3) is 11.0 Å². The summed E-state index contributed by atoms with van der Waals surface area (Å²) < 4.78 is 2.13. The van der Waals surface area contributed by atoms with Crippen molar-refractivity contribution in [2.75, 3.05) is 50.5 Å². The van der Waals surface area contributed by atoms with Gasteiger partial charge in [-0.2, -0.15) is 4.98 Å². The Balaban J connectivity index is 0.856. The van der Waals surface area contributed by atoms with Gasteiger partial charge in [0.05, 0.1) is 5.92 Å². The Bertz CT molecular complexity index is 1970. The summed E-state index contributed by atoms with van der Waals surface area (Å²) in [7, 11) is 3.58. The quantitative estimate of drug-likeness (QED) is 0.201. The number of pyridine rings is 1. The fourth-order valence-electron chi connectivity index (χ4n) is 9.10. The number of carbonyl (C=O) groups is 3. The topological polar surface area (TPSA) is 129 Å². The largest absolute Gasteiger partial charge is 0.371 e. The molecule has 2 atom stereocenters. The lowest BCUT2D eigenvalue weighted by atomic mass is 9.71. The lowest BCUT2D eigenvalue weighted by Crippen LogP contribution is -2.47. The number of nitrogens with zero attached hydrogens (tertiary/aromatic N) is 7. The smallest absolute Gasteiger partial charge is 0.270 e. The summed E-state index contributed by atoms with van der Waals surface area (Å²) >= 11 is 0. The van der Waals surface area contributed by atoms with Crippen molar-refractivity contribution in [3.05, 3.63) is 71.7 Å². The Morgan fingerprint density at radius 1 is 0.925 bits per heavy atom. The van der Waals surface area contributed by atoms with Crippen LogP contribution in [0.1, 0.15) is 111 Å². The molecule has 8 rings (SSSR count). The summed E-state index contributed by atoms with van der Waals surface area (Å²) in [6.45, 7) is 6.53. The van der Waals surface area contributed by atoms with Gasteiger partial charge in [-0.3, -0.25) is 24.6 Å². The van der Waals surface area contributed by atoms with Gasteiger partial charge >= 0.3 is 0 Å². The lowest BCUT2D eigenvalue weighted by Gasteiger charge is -2.48. The summed E-state index contributed by atoms with van der Waals surface area (Å²) in [5.74, 6) is 0.559. The van der Waals surface area contributed by atoms with Crippen molar-refractivity contribution in [1.82, 2.24) is 34.6 Å². The number of benzene rings is 1. The predicted molar refractivity (Wildman–Crippen MR) is 205 cm³/mol. The first-order chi connectivity index (χ1) is 25.7. The number of amides is 3. The van der Waals surface area contributed by atoms with Gasteiger partial charge in [0.2, 0.25) is 17.8 Å². The zero-order chi connectivity index (χ0) is 36.7. The molecule has 278 valence electrons. The van der Waals surface area contributed by atoms with Gasteiger partial charge in [-0.15, -0.1) is 0 Å². The van der Waals surface area contributed by atoms with Crippen molar-refractivity contribution in [1.29, 1.82) is 0 Å². The number of aromatic nitrogens is 4. The summed E-state index contributed by atoms with van der Waals surface area (Å²) in [6, 6.07) is 15.0. The molecule has 3 saturated heterocycles. The maximum absolute atomic E-state index is 13.1. The van der Waals surface area contributed by atoms with Gasteiger partial charge < -0.3 is 19.7 Å². The molecule has 4 aromatic rings. The molecule has 6 heterocycles. The molecule has 1 spiro atoms. The molecule has 1 aromatic carbocycles. The average molecular weight is 718 g/mol. The summed E-state index contributed by atoms with van der Waals surface area (Å²) in [5, 5.41) is 6.66. The fourth-order valence-corrected chi connectivity index (χ4v) is 9.10. The maximum Gasteiger partial charge on any atom is 0.270 e. The van der Waals surface area contributed by atoms with Crippen molar-refractivity contribution >= 4 is 46.2 Å². The van der Waals surface area contributed by atoms with Crippen molar-refractivity contribution in [2.24, 2.45) is 5.41 Å².